The normalized spacial score (nSPS) is 20.9. The first-order valence-corrected chi connectivity index (χ1v) is 19.2. The molecule has 2 fully saturated rings. The molecule has 60 heavy (non-hydrogen) atoms. The average molecular weight is 807 g/mol. The number of anilines is 2. The molecule has 4 N–H and O–H groups in total. The largest absolute Gasteiger partial charge is 0.382 e. The zero-order valence-corrected chi connectivity index (χ0v) is 33.5. The average Bonchev–Trinajstić information content (AvgIpc) is 4.07. The van der Waals surface area contributed by atoms with Gasteiger partial charge in [0.1, 0.15) is 22.5 Å². The highest BCUT2D eigenvalue weighted by molar-refractivity contribution is 5.85. The number of rotatable bonds is 10. The number of ether oxygens (including phenoxy) is 2. The van der Waals surface area contributed by atoms with Gasteiger partial charge >= 0.3 is 0 Å². The van der Waals surface area contributed by atoms with Crippen LogP contribution in [-0.2, 0) is 34.6 Å². The Kier molecular flexibility index (Phi) is 9.37. The molecule has 8 aromatic heterocycles. The summed E-state index contributed by atoms with van der Waals surface area (Å²) < 4.78 is 21.6. The Morgan fingerprint density at radius 2 is 1.07 bits per heavy atom. The number of hydrogen-bond donors (Lipinski definition) is 2. The maximum absolute atomic E-state index is 7.38. The van der Waals surface area contributed by atoms with Crippen LogP contribution in [0, 0.1) is 13.1 Å². The SMILES string of the molecule is [C-]#[N+]CC1(n2cc(-c3nc(-c4cnn(C)c4)cn4nccc34)c(N)n2)CC(OC)C1.[C-]#[N+]CC1(n2cc(-c3nc(-c4cnn(C)c4)cn4nccc34)c(N)n2)CC(OC)C1. The number of fused-ring (bicyclic) bond motifs is 2. The number of nitrogen functional groups attached to an aromatic ring is 2. The van der Waals surface area contributed by atoms with Crippen molar-refractivity contribution in [1.82, 2.24) is 68.3 Å². The van der Waals surface area contributed by atoms with E-state index in [9.17, 15) is 0 Å². The summed E-state index contributed by atoms with van der Waals surface area (Å²) in [6.45, 7) is 15.4. The Morgan fingerprint density at radius 3 is 1.42 bits per heavy atom. The Bertz CT molecular complexity index is 2740. The molecule has 0 amide bonds. The molecule has 10 rings (SSSR count). The van der Waals surface area contributed by atoms with Gasteiger partial charge in [0, 0.05) is 89.9 Å². The highest BCUT2D eigenvalue weighted by Gasteiger charge is 2.51. The summed E-state index contributed by atoms with van der Waals surface area (Å²) in [6, 6.07) is 3.79. The second-order valence-corrected chi connectivity index (χ2v) is 15.4. The van der Waals surface area contributed by atoms with Gasteiger partial charge in [-0.3, -0.25) is 18.7 Å². The van der Waals surface area contributed by atoms with Gasteiger partial charge in [-0.25, -0.2) is 32.1 Å². The van der Waals surface area contributed by atoms with Crippen LogP contribution >= 0.6 is 0 Å². The van der Waals surface area contributed by atoms with Gasteiger partial charge in [0.05, 0.1) is 82.9 Å². The molecule has 0 spiro atoms. The van der Waals surface area contributed by atoms with E-state index in [2.05, 4.69) is 40.3 Å². The standard InChI is InChI=1S/2C20H21N9O/c2*1-22-12-20(6-14(7-20)30-3)29-10-15(19(21)26-29)18-17-4-5-23-28(17)11-16(25-18)13-8-24-27(2)9-13/h2*4-5,8-11,14H,6-7,12H2,2-3H3,(H2,21,26). The molecule has 0 bridgehead atoms. The molecule has 0 radical (unpaired) electrons. The molecule has 0 aromatic carbocycles. The van der Waals surface area contributed by atoms with Crippen LogP contribution in [0.5, 0.6) is 0 Å². The van der Waals surface area contributed by atoms with Gasteiger partial charge in [-0.15, -0.1) is 0 Å². The van der Waals surface area contributed by atoms with Gasteiger partial charge in [-0.2, -0.15) is 30.6 Å². The summed E-state index contributed by atoms with van der Waals surface area (Å²) in [4.78, 5) is 17.0. The van der Waals surface area contributed by atoms with E-state index in [1.807, 2.05) is 72.8 Å². The second-order valence-electron chi connectivity index (χ2n) is 15.4. The second kappa shape index (κ2) is 14.8. The Hall–Kier alpha value is -7.42. The van der Waals surface area contributed by atoms with Gasteiger partial charge in [-0.05, 0) is 12.1 Å². The first kappa shape index (κ1) is 38.1. The number of nitrogens with zero attached hydrogens (tertiary/aromatic N) is 16. The van der Waals surface area contributed by atoms with E-state index in [0.29, 0.717) is 36.1 Å². The third kappa shape index (κ3) is 6.47. The zero-order chi connectivity index (χ0) is 41.8. The summed E-state index contributed by atoms with van der Waals surface area (Å²) >= 11 is 0. The summed E-state index contributed by atoms with van der Waals surface area (Å²) in [5.41, 5.74) is 19.6. The number of hydrogen-bond acceptors (Lipinski definition) is 12. The predicted octanol–water partition coefficient (Wildman–Crippen LogP) is 4.00. The highest BCUT2D eigenvalue weighted by atomic mass is 16.5. The van der Waals surface area contributed by atoms with Gasteiger partial charge in [0.15, 0.2) is 11.6 Å². The van der Waals surface area contributed by atoms with Gasteiger partial charge in [0.25, 0.3) is 0 Å². The van der Waals surface area contributed by atoms with Crippen LogP contribution in [0.3, 0.4) is 0 Å². The van der Waals surface area contributed by atoms with E-state index >= 15 is 0 Å². The first-order valence-electron chi connectivity index (χ1n) is 19.2. The maximum atomic E-state index is 7.38. The molecule has 2 aliphatic carbocycles. The molecular weight excluding hydrogens is 765 g/mol. The molecule has 2 aliphatic rings. The highest BCUT2D eigenvalue weighted by Crippen LogP contribution is 2.44. The van der Waals surface area contributed by atoms with E-state index < -0.39 is 11.1 Å². The lowest BCUT2D eigenvalue weighted by Crippen LogP contribution is -2.52. The smallest absolute Gasteiger partial charge is 0.239 e. The van der Waals surface area contributed by atoms with Crippen molar-refractivity contribution in [2.75, 3.05) is 38.8 Å². The van der Waals surface area contributed by atoms with Gasteiger partial charge < -0.3 is 30.6 Å². The van der Waals surface area contributed by atoms with Crippen molar-refractivity contribution >= 4 is 22.7 Å². The minimum absolute atomic E-state index is 0.134. The molecule has 0 atom stereocenters. The molecule has 20 nitrogen and oxygen atoms in total. The van der Waals surface area contributed by atoms with Crippen LogP contribution in [0.1, 0.15) is 25.7 Å². The molecule has 8 heterocycles. The van der Waals surface area contributed by atoms with Crippen LogP contribution in [0.15, 0.2) is 74.1 Å². The summed E-state index contributed by atoms with van der Waals surface area (Å²) in [6.07, 6.45) is 21.5. The van der Waals surface area contributed by atoms with Crippen LogP contribution < -0.4 is 11.5 Å². The van der Waals surface area contributed by atoms with E-state index in [-0.39, 0.29) is 12.2 Å². The fourth-order valence-corrected chi connectivity index (χ4v) is 8.24. The lowest BCUT2D eigenvalue weighted by Gasteiger charge is -2.43. The zero-order valence-electron chi connectivity index (χ0n) is 33.5. The lowest BCUT2D eigenvalue weighted by atomic mass is 9.74. The van der Waals surface area contributed by atoms with Crippen molar-refractivity contribution in [3.8, 4) is 45.0 Å². The fourth-order valence-electron chi connectivity index (χ4n) is 8.24. The number of aryl methyl sites for hydroxylation is 2. The third-order valence-electron chi connectivity index (χ3n) is 11.6. The van der Waals surface area contributed by atoms with Crippen LogP contribution in [0.25, 0.3) is 65.8 Å². The molecule has 8 aromatic rings. The molecule has 0 saturated heterocycles. The molecule has 304 valence electrons. The Balaban J connectivity index is 0.000000154. The maximum Gasteiger partial charge on any atom is 0.239 e. The minimum Gasteiger partial charge on any atom is -0.382 e. The van der Waals surface area contributed by atoms with Crippen molar-refractivity contribution in [3.05, 3.63) is 96.9 Å². The van der Waals surface area contributed by atoms with E-state index in [1.165, 1.54) is 0 Å². The van der Waals surface area contributed by atoms with Crippen LogP contribution in [0.4, 0.5) is 11.6 Å². The van der Waals surface area contributed by atoms with Crippen LogP contribution in [-0.4, -0.2) is 108 Å². The quantitative estimate of drug-likeness (QED) is 0.188. The first-order chi connectivity index (χ1) is 29.1. The van der Waals surface area contributed by atoms with Crippen molar-refractivity contribution in [3.63, 3.8) is 0 Å². The predicted molar refractivity (Wildman–Crippen MR) is 221 cm³/mol. The summed E-state index contributed by atoms with van der Waals surface area (Å²) in [7, 11) is 7.11. The molecule has 0 unspecified atom stereocenters. The van der Waals surface area contributed by atoms with Crippen molar-refractivity contribution in [1.29, 1.82) is 0 Å². The topological polar surface area (TPSA) is 211 Å². The van der Waals surface area contributed by atoms with E-state index in [4.69, 9.17) is 44.1 Å². The third-order valence-corrected chi connectivity index (χ3v) is 11.6. The molecule has 20 heteroatoms. The van der Waals surface area contributed by atoms with Crippen molar-refractivity contribution < 1.29 is 9.47 Å². The number of nitrogens with two attached hydrogens (primary N) is 2. The summed E-state index contributed by atoms with van der Waals surface area (Å²) in [5, 5.41) is 26.4. The molecule has 2 saturated carbocycles. The van der Waals surface area contributed by atoms with E-state index in [0.717, 1.165) is 70.4 Å². The lowest BCUT2D eigenvalue weighted by molar-refractivity contribution is -0.0483. The summed E-state index contributed by atoms with van der Waals surface area (Å²) in [5.74, 6) is 0.748. The van der Waals surface area contributed by atoms with Crippen molar-refractivity contribution in [2.24, 2.45) is 14.1 Å². The Labute approximate surface area is 343 Å². The Morgan fingerprint density at radius 1 is 0.650 bits per heavy atom. The monoisotopic (exact) mass is 806 g/mol. The number of methoxy groups -OCH3 is 2. The van der Waals surface area contributed by atoms with E-state index in [1.54, 1.807) is 57.4 Å². The molecular formula is C40H42N18O2. The fraction of sp³-hybridized carbons (Fsp3) is 0.350. The van der Waals surface area contributed by atoms with Gasteiger partial charge in [0.2, 0.25) is 13.1 Å². The van der Waals surface area contributed by atoms with Crippen LogP contribution in [0.2, 0.25) is 0 Å². The minimum atomic E-state index is -0.397. The molecule has 0 aliphatic heterocycles. The van der Waals surface area contributed by atoms with Crippen molar-refractivity contribution in [2.45, 2.75) is 49.0 Å². The number of aromatic nitrogens is 14. The van der Waals surface area contributed by atoms with Gasteiger partial charge in [-0.1, -0.05) is 0 Å².